The number of hydrogen-bond donors (Lipinski definition) is 2. The Bertz CT molecular complexity index is 338. The molecule has 0 saturated carbocycles. The highest BCUT2D eigenvalue weighted by atomic mass is 35.5. The van der Waals surface area contributed by atoms with Crippen LogP contribution < -0.4 is 10.6 Å². The van der Waals surface area contributed by atoms with Crippen LogP contribution in [0.4, 0.5) is 5.00 Å². The molecule has 1 aromatic rings. The van der Waals surface area contributed by atoms with Gasteiger partial charge in [-0.05, 0) is 6.07 Å². The number of hydrogen-bond acceptors (Lipinski definition) is 5. The summed E-state index contributed by atoms with van der Waals surface area (Å²) >= 11 is 1.25. The summed E-state index contributed by atoms with van der Waals surface area (Å²) in [4.78, 5) is 11.2. The minimum absolute atomic E-state index is 0. The molecule has 84 valence electrons. The van der Waals surface area contributed by atoms with Crippen LogP contribution in [-0.2, 0) is 0 Å². The number of piperazine rings is 1. The molecule has 1 aromatic heterocycles. The fourth-order valence-corrected chi connectivity index (χ4v) is 2.38. The number of nitro groups is 1. The van der Waals surface area contributed by atoms with Gasteiger partial charge in [0.05, 0.1) is 11.0 Å². The molecule has 5 nitrogen and oxygen atoms in total. The third-order valence-corrected chi connectivity index (χ3v) is 3.33. The van der Waals surface area contributed by atoms with Crippen molar-refractivity contribution in [2.24, 2.45) is 0 Å². The first-order valence-electron chi connectivity index (χ1n) is 4.45. The van der Waals surface area contributed by atoms with E-state index in [4.69, 9.17) is 0 Å². The number of rotatable bonds is 2. The Morgan fingerprint density at radius 2 is 2.27 bits per heavy atom. The van der Waals surface area contributed by atoms with Gasteiger partial charge in [-0.25, -0.2) is 0 Å². The average Bonchev–Trinajstić information content (AvgIpc) is 2.68. The topological polar surface area (TPSA) is 67.2 Å². The lowest BCUT2D eigenvalue weighted by molar-refractivity contribution is -0.380. The van der Waals surface area contributed by atoms with E-state index in [0.717, 1.165) is 24.5 Å². The molecule has 2 N–H and O–H groups in total. The second-order valence-corrected chi connectivity index (χ2v) is 4.24. The fraction of sp³-hybridized carbons (Fsp3) is 0.500. The molecule has 0 spiro atoms. The van der Waals surface area contributed by atoms with Crippen molar-refractivity contribution in [3.63, 3.8) is 0 Å². The van der Waals surface area contributed by atoms with Gasteiger partial charge >= 0.3 is 5.00 Å². The molecule has 0 amide bonds. The fourth-order valence-electron chi connectivity index (χ4n) is 1.48. The number of nitrogens with one attached hydrogen (secondary N) is 2. The summed E-state index contributed by atoms with van der Waals surface area (Å²) in [5.74, 6) is 0. The lowest BCUT2D eigenvalue weighted by Gasteiger charge is -2.23. The number of thiophene rings is 1. The van der Waals surface area contributed by atoms with Gasteiger partial charge in [-0.1, -0.05) is 11.3 Å². The monoisotopic (exact) mass is 249 g/mol. The molecule has 1 saturated heterocycles. The largest absolute Gasteiger partial charge is 0.324 e. The lowest BCUT2D eigenvalue weighted by atomic mass is 10.2. The van der Waals surface area contributed by atoms with Gasteiger partial charge in [-0.3, -0.25) is 10.1 Å². The van der Waals surface area contributed by atoms with Gasteiger partial charge in [0, 0.05) is 30.6 Å². The Kier molecular flexibility index (Phi) is 4.46. The third-order valence-electron chi connectivity index (χ3n) is 2.18. The van der Waals surface area contributed by atoms with Crippen molar-refractivity contribution in [2.45, 2.75) is 6.04 Å². The van der Waals surface area contributed by atoms with E-state index in [1.165, 1.54) is 11.3 Å². The predicted octanol–water partition coefficient (Wildman–Crippen LogP) is 1.31. The molecule has 2 rings (SSSR count). The zero-order chi connectivity index (χ0) is 9.97. The normalized spacial score (nSPS) is 20.7. The summed E-state index contributed by atoms with van der Waals surface area (Å²) in [7, 11) is 0. The zero-order valence-corrected chi connectivity index (χ0v) is 9.57. The summed E-state index contributed by atoms with van der Waals surface area (Å²) in [5.41, 5.74) is 0. The highest BCUT2D eigenvalue weighted by molar-refractivity contribution is 7.15. The summed E-state index contributed by atoms with van der Waals surface area (Å²) in [6, 6.07) is 3.62. The van der Waals surface area contributed by atoms with Crippen LogP contribution in [0.15, 0.2) is 12.1 Å². The molecule has 0 radical (unpaired) electrons. The predicted molar refractivity (Wildman–Crippen MR) is 61.8 cm³/mol. The molecule has 15 heavy (non-hydrogen) atoms. The SMILES string of the molecule is Cl.O=[N+]([O-])c1ccc([C@H]2CNCCN2)s1. The van der Waals surface area contributed by atoms with Gasteiger partial charge in [0.2, 0.25) is 0 Å². The van der Waals surface area contributed by atoms with E-state index < -0.39 is 0 Å². The molecule has 0 bridgehead atoms. The molecule has 1 atom stereocenters. The average molecular weight is 250 g/mol. The quantitative estimate of drug-likeness (QED) is 0.613. The standard InChI is InChI=1S/C8H11N3O2S.ClH/c12-11(13)8-2-1-7(14-8)6-5-9-3-4-10-6;/h1-2,6,9-10H,3-5H2;1H/t6-;/m1./s1. The Morgan fingerprint density at radius 1 is 1.47 bits per heavy atom. The van der Waals surface area contributed by atoms with Gasteiger partial charge in [0.1, 0.15) is 0 Å². The third kappa shape index (κ3) is 2.88. The lowest BCUT2D eigenvalue weighted by Crippen LogP contribution is -2.42. The maximum absolute atomic E-state index is 10.5. The van der Waals surface area contributed by atoms with Gasteiger partial charge in [0.15, 0.2) is 0 Å². The van der Waals surface area contributed by atoms with E-state index in [-0.39, 0.29) is 28.4 Å². The van der Waals surface area contributed by atoms with Crippen LogP contribution in [0, 0.1) is 10.1 Å². The van der Waals surface area contributed by atoms with Crippen molar-refractivity contribution < 1.29 is 4.92 Å². The highest BCUT2D eigenvalue weighted by Gasteiger charge is 2.19. The van der Waals surface area contributed by atoms with Gasteiger partial charge in [-0.15, -0.1) is 12.4 Å². The molecule has 0 aliphatic carbocycles. The Balaban J connectivity index is 0.00000112. The van der Waals surface area contributed by atoms with Crippen molar-refractivity contribution in [1.82, 2.24) is 10.6 Å². The number of halogens is 1. The van der Waals surface area contributed by atoms with E-state index in [1.807, 2.05) is 6.07 Å². The smallest absolute Gasteiger partial charge is 0.314 e. The van der Waals surface area contributed by atoms with Gasteiger partial charge in [0.25, 0.3) is 0 Å². The second-order valence-electron chi connectivity index (χ2n) is 3.14. The molecule has 0 unspecified atom stereocenters. The van der Waals surface area contributed by atoms with E-state index >= 15 is 0 Å². The van der Waals surface area contributed by atoms with Crippen LogP contribution in [0.1, 0.15) is 10.9 Å². The van der Waals surface area contributed by atoms with Crippen LogP contribution in [0.25, 0.3) is 0 Å². The molecule has 1 fully saturated rings. The summed E-state index contributed by atoms with van der Waals surface area (Å²) in [5, 5.41) is 17.3. The van der Waals surface area contributed by atoms with Gasteiger partial charge < -0.3 is 10.6 Å². The van der Waals surface area contributed by atoms with E-state index in [9.17, 15) is 10.1 Å². The van der Waals surface area contributed by atoms with Crippen molar-refractivity contribution in [3.05, 3.63) is 27.1 Å². The molecular weight excluding hydrogens is 238 g/mol. The van der Waals surface area contributed by atoms with Crippen molar-refractivity contribution in [1.29, 1.82) is 0 Å². The number of nitrogens with zero attached hydrogens (tertiary/aromatic N) is 1. The Morgan fingerprint density at radius 3 is 2.80 bits per heavy atom. The van der Waals surface area contributed by atoms with Crippen LogP contribution in [0.2, 0.25) is 0 Å². The minimum atomic E-state index is -0.343. The molecule has 0 aromatic carbocycles. The molecule has 2 heterocycles. The Labute approximate surface area is 97.4 Å². The maximum atomic E-state index is 10.5. The first-order chi connectivity index (χ1) is 6.77. The first kappa shape index (κ1) is 12.4. The Hall–Kier alpha value is -0.690. The zero-order valence-electron chi connectivity index (χ0n) is 7.93. The van der Waals surface area contributed by atoms with Crippen LogP contribution in [-0.4, -0.2) is 24.6 Å². The summed E-state index contributed by atoms with van der Waals surface area (Å²) in [6.07, 6.45) is 0. The van der Waals surface area contributed by atoms with Crippen molar-refractivity contribution in [2.75, 3.05) is 19.6 Å². The summed E-state index contributed by atoms with van der Waals surface area (Å²) in [6.45, 7) is 2.72. The minimum Gasteiger partial charge on any atom is -0.314 e. The second kappa shape index (κ2) is 5.41. The van der Waals surface area contributed by atoms with E-state index in [0.29, 0.717) is 0 Å². The van der Waals surface area contributed by atoms with Crippen LogP contribution in [0.5, 0.6) is 0 Å². The van der Waals surface area contributed by atoms with Crippen LogP contribution in [0.3, 0.4) is 0 Å². The summed E-state index contributed by atoms with van der Waals surface area (Å²) < 4.78 is 0. The van der Waals surface area contributed by atoms with Gasteiger partial charge in [-0.2, -0.15) is 0 Å². The molecule has 7 heteroatoms. The van der Waals surface area contributed by atoms with Crippen molar-refractivity contribution in [3.8, 4) is 0 Å². The molecule has 1 aliphatic heterocycles. The molecular formula is C8H12ClN3O2S. The van der Waals surface area contributed by atoms with Crippen molar-refractivity contribution >= 4 is 28.7 Å². The van der Waals surface area contributed by atoms with E-state index in [1.54, 1.807) is 6.07 Å². The highest BCUT2D eigenvalue weighted by Crippen LogP contribution is 2.28. The van der Waals surface area contributed by atoms with Crippen LogP contribution >= 0.6 is 23.7 Å². The first-order valence-corrected chi connectivity index (χ1v) is 5.27. The maximum Gasteiger partial charge on any atom is 0.324 e. The van der Waals surface area contributed by atoms with E-state index in [2.05, 4.69) is 10.6 Å². The molecule has 1 aliphatic rings.